The van der Waals surface area contributed by atoms with Crippen molar-refractivity contribution in [2.24, 2.45) is 0 Å². The highest BCUT2D eigenvalue weighted by Gasteiger charge is 2.14. The highest BCUT2D eigenvalue weighted by molar-refractivity contribution is 5.70. The van der Waals surface area contributed by atoms with Gasteiger partial charge in [0.25, 0.3) is 0 Å². The maximum absolute atomic E-state index is 12.2. The first-order valence-corrected chi connectivity index (χ1v) is 27.0. The second-order valence-corrected chi connectivity index (χ2v) is 18.0. The van der Waals surface area contributed by atoms with Crippen molar-refractivity contribution in [3.05, 3.63) is 0 Å². The van der Waals surface area contributed by atoms with Gasteiger partial charge in [0, 0.05) is 19.3 Å². The van der Waals surface area contributed by atoms with Gasteiger partial charge in [-0.3, -0.25) is 14.4 Å². The molecule has 0 spiro atoms. The number of esters is 3. The standard InChI is InChI=1S/C28H56O2.C26H50O4/c1-4-7-10-12-13-14-15-16-17-18-19-21-23-26-28(29)30-27(24-9-6-3)25-22-20-11-8-5-2;1-3-5-7-9-15-19-23-29-25(27)21-17-13-11-12-14-18-22-26(28)30-24-20-16-10-8-6-4-2/h27H,4-26H2,1-3H3;3-24H2,1-2H3. The van der Waals surface area contributed by atoms with Crippen LogP contribution in [0.2, 0.25) is 0 Å². The third-order valence-corrected chi connectivity index (χ3v) is 11.8. The van der Waals surface area contributed by atoms with E-state index >= 15 is 0 Å². The minimum Gasteiger partial charge on any atom is -0.466 e. The summed E-state index contributed by atoms with van der Waals surface area (Å²) >= 11 is 0. The van der Waals surface area contributed by atoms with Crippen molar-refractivity contribution in [3.8, 4) is 0 Å². The number of carbonyl (C=O) groups excluding carboxylic acids is 3. The first-order valence-electron chi connectivity index (χ1n) is 27.0. The van der Waals surface area contributed by atoms with Gasteiger partial charge in [-0.1, -0.05) is 240 Å². The molecule has 358 valence electrons. The molecule has 6 nitrogen and oxygen atoms in total. The van der Waals surface area contributed by atoms with Gasteiger partial charge in [0.15, 0.2) is 0 Å². The highest BCUT2D eigenvalue weighted by atomic mass is 16.5. The van der Waals surface area contributed by atoms with E-state index < -0.39 is 0 Å². The van der Waals surface area contributed by atoms with E-state index in [9.17, 15) is 14.4 Å². The second kappa shape index (κ2) is 53.5. The van der Waals surface area contributed by atoms with Crippen LogP contribution in [0, 0.1) is 0 Å². The van der Waals surface area contributed by atoms with Gasteiger partial charge in [-0.05, 0) is 51.4 Å². The molecule has 0 saturated heterocycles. The topological polar surface area (TPSA) is 78.9 Å². The first kappa shape index (κ1) is 60.5. The monoisotopic (exact) mass is 851 g/mol. The van der Waals surface area contributed by atoms with Crippen LogP contribution in [0.25, 0.3) is 0 Å². The maximum Gasteiger partial charge on any atom is 0.306 e. The summed E-state index contributed by atoms with van der Waals surface area (Å²) in [5.41, 5.74) is 0. The van der Waals surface area contributed by atoms with Crippen LogP contribution in [0.1, 0.15) is 311 Å². The molecule has 60 heavy (non-hydrogen) atoms. The Balaban J connectivity index is 0. The third kappa shape index (κ3) is 52.5. The fourth-order valence-corrected chi connectivity index (χ4v) is 7.73. The Bertz CT molecular complexity index is 823. The lowest BCUT2D eigenvalue weighted by molar-refractivity contribution is -0.150. The fourth-order valence-electron chi connectivity index (χ4n) is 7.73. The zero-order valence-electron chi connectivity index (χ0n) is 41.3. The first-order chi connectivity index (χ1) is 29.4. The lowest BCUT2D eigenvalue weighted by atomic mass is 10.0. The zero-order chi connectivity index (χ0) is 44.3. The molecular weight excluding hydrogens is 745 g/mol. The van der Waals surface area contributed by atoms with Gasteiger partial charge in [-0.15, -0.1) is 0 Å². The maximum atomic E-state index is 12.2. The van der Waals surface area contributed by atoms with Crippen LogP contribution in [0.4, 0.5) is 0 Å². The molecule has 0 rings (SSSR count). The average Bonchev–Trinajstić information content (AvgIpc) is 3.24. The minimum atomic E-state index is -0.0448. The van der Waals surface area contributed by atoms with E-state index in [-0.39, 0.29) is 24.0 Å². The number of carbonyl (C=O) groups is 3. The van der Waals surface area contributed by atoms with Crippen molar-refractivity contribution >= 4 is 17.9 Å². The highest BCUT2D eigenvalue weighted by Crippen LogP contribution is 2.18. The quantitative estimate of drug-likeness (QED) is 0.0345. The molecule has 1 unspecified atom stereocenters. The molecule has 0 aromatic rings. The van der Waals surface area contributed by atoms with Gasteiger partial charge in [0.05, 0.1) is 13.2 Å². The van der Waals surface area contributed by atoms with Crippen LogP contribution in [0.5, 0.6) is 0 Å². The van der Waals surface area contributed by atoms with E-state index in [0.29, 0.717) is 32.5 Å². The molecule has 0 aliphatic heterocycles. The Hall–Kier alpha value is -1.59. The molecule has 0 radical (unpaired) electrons. The van der Waals surface area contributed by atoms with E-state index in [1.165, 1.54) is 186 Å². The number of rotatable bonds is 47. The summed E-state index contributed by atoms with van der Waals surface area (Å²) in [4.78, 5) is 35.6. The van der Waals surface area contributed by atoms with Gasteiger partial charge in [0.1, 0.15) is 6.10 Å². The predicted molar refractivity (Wildman–Crippen MR) is 259 cm³/mol. The van der Waals surface area contributed by atoms with Gasteiger partial charge in [-0.2, -0.15) is 0 Å². The summed E-state index contributed by atoms with van der Waals surface area (Å²) in [6.45, 7) is 12.4. The normalized spacial score (nSPS) is 11.6. The Labute approximate surface area is 375 Å². The molecule has 0 N–H and O–H groups in total. The predicted octanol–water partition coefficient (Wildman–Crippen LogP) is 17.8. The molecule has 0 amide bonds. The van der Waals surface area contributed by atoms with Gasteiger partial charge in [0.2, 0.25) is 0 Å². The van der Waals surface area contributed by atoms with Crippen LogP contribution >= 0.6 is 0 Å². The van der Waals surface area contributed by atoms with Crippen molar-refractivity contribution in [3.63, 3.8) is 0 Å². The molecule has 1 atom stereocenters. The van der Waals surface area contributed by atoms with Crippen LogP contribution < -0.4 is 0 Å². The molecule has 0 fully saturated rings. The molecule has 0 aromatic carbocycles. The van der Waals surface area contributed by atoms with Crippen molar-refractivity contribution in [1.29, 1.82) is 0 Å². The number of unbranched alkanes of at least 4 members (excludes halogenated alkanes) is 32. The second-order valence-electron chi connectivity index (χ2n) is 18.0. The minimum absolute atomic E-state index is 0.0448. The van der Waals surface area contributed by atoms with Crippen LogP contribution in [0.15, 0.2) is 0 Å². The summed E-state index contributed by atoms with van der Waals surface area (Å²) < 4.78 is 16.4. The molecular formula is C54H106O6. The fraction of sp³-hybridized carbons (Fsp3) is 0.944. The number of hydrogen-bond acceptors (Lipinski definition) is 6. The Morgan fingerprint density at radius 3 is 0.867 bits per heavy atom. The van der Waals surface area contributed by atoms with Gasteiger partial charge >= 0.3 is 17.9 Å². The summed E-state index contributed by atoms with van der Waals surface area (Å²) in [5.74, 6) is -0.0407. The van der Waals surface area contributed by atoms with Crippen LogP contribution in [-0.4, -0.2) is 37.2 Å². The van der Waals surface area contributed by atoms with Gasteiger partial charge < -0.3 is 14.2 Å². The molecule has 0 bridgehead atoms. The summed E-state index contributed by atoms with van der Waals surface area (Å²) in [6.07, 6.45) is 51.0. The van der Waals surface area contributed by atoms with Crippen molar-refractivity contribution in [1.82, 2.24) is 0 Å². The van der Waals surface area contributed by atoms with Crippen molar-refractivity contribution < 1.29 is 28.6 Å². The summed E-state index contributed by atoms with van der Waals surface area (Å²) in [5, 5.41) is 0. The number of hydrogen-bond donors (Lipinski definition) is 0. The summed E-state index contributed by atoms with van der Waals surface area (Å²) in [7, 11) is 0. The lowest BCUT2D eigenvalue weighted by Gasteiger charge is -2.18. The summed E-state index contributed by atoms with van der Waals surface area (Å²) in [6, 6.07) is 0. The Kier molecular flexibility index (Phi) is 54.0. The average molecular weight is 851 g/mol. The SMILES string of the molecule is CCCCCCCCCCCCCCCC(=O)OC(CCCC)CCCCCCC.CCCCCCCCOC(=O)CCCCCCCCC(=O)OCCCCCCCC. The zero-order valence-corrected chi connectivity index (χ0v) is 41.3. The van der Waals surface area contributed by atoms with Gasteiger partial charge in [-0.25, -0.2) is 0 Å². The van der Waals surface area contributed by atoms with Crippen molar-refractivity contribution in [2.45, 2.75) is 317 Å². The third-order valence-electron chi connectivity index (χ3n) is 11.8. The molecule has 6 heteroatoms. The van der Waals surface area contributed by atoms with Crippen LogP contribution in [-0.2, 0) is 28.6 Å². The lowest BCUT2D eigenvalue weighted by Crippen LogP contribution is -2.18. The molecule has 0 aromatic heterocycles. The van der Waals surface area contributed by atoms with E-state index in [2.05, 4.69) is 34.6 Å². The van der Waals surface area contributed by atoms with E-state index in [4.69, 9.17) is 14.2 Å². The Morgan fingerprint density at radius 1 is 0.283 bits per heavy atom. The van der Waals surface area contributed by atoms with E-state index in [1.807, 2.05) is 0 Å². The Morgan fingerprint density at radius 2 is 0.533 bits per heavy atom. The van der Waals surface area contributed by atoms with E-state index in [1.54, 1.807) is 0 Å². The number of ether oxygens (including phenoxy) is 3. The van der Waals surface area contributed by atoms with E-state index in [0.717, 1.165) is 70.6 Å². The van der Waals surface area contributed by atoms with Crippen LogP contribution in [0.3, 0.4) is 0 Å². The molecule has 0 aliphatic rings. The molecule has 0 heterocycles. The molecule has 0 aliphatic carbocycles. The largest absolute Gasteiger partial charge is 0.466 e. The molecule has 0 saturated carbocycles. The smallest absolute Gasteiger partial charge is 0.306 e. The van der Waals surface area contributed by atoms with Crippen molar-refractivity contribution in [2.75, 3.05) is 13.2 Å².